The molecule has 0 aliphatic carbocycles. The Balaban J connectivity index is 1.53. The third-order valence-electron chi connectivity index (χ3n) is 4.11. The van der Waals surface area contributed by atoms with Crippen molar-refractivity contribution in [3.8, 4) is 11.4 Å². The lowest BCUT2D eigenvalue weighted by Crippen LogP contribution is -2.31. The normalized spacial score (nSPS) is 11.2. The summed E-state index contributed by atoms with van der Waals surface area (Å²) >= 11 is 1.17. The van der Waals surface area contributed by atoms with Gasteiger partial charge >= 0.3 is 0 Å². The molecule has 0 atom stereocenters. The maximum atomic E-state index is 12.2. The van der Waals surface area contributed by atoms with Gasteiger partial charge < -0.3 is 0 Å². The Morgan fingerprint density at radius 2 is 1.71 bits per heavy atom. The average Bonchev–Trinajstić information content (AvgIpc) is 3.15. The van der Waals surface area contributed by atoms with Gasteiger partial charge in [0.15, 0.2) is 5.82 Å². The van der Waals surface area contributed by atoms with Crippen LogP contribution in [0.3, 0.4) is 0 Å². The van der Waals surface area contributed by atoms with Gasteiger partial charge in [-0.2, -0.15) is 0 Å². The highest BCUT2D eigenvalue weighted by Crippen LogP contribution is 2.22. The van der Waals surface area contributed by atoms with Crippen molar-refractivity contribution < 1.29 is 9.59 Å². The number of hydrogen-bond acceptors (Lipinski definition) is 5. The second-order valence-corrected chi connectivity index (χ2v) is 8.27. The van der Waals surface area contributed by atoms with Gasteiger partial charge in [-0.25, -0.2) is 4.98 Å². The fourth-order valence-corrected chi connectivity index (χ4v) is 3.12. The quantitative estimate of drug-likeness (QED) is 0.643. The zero-order chi connectivity index (χ0) is 20.1. The molecule has 2 N–H and O–H groups in total. The van der Waals surface area contributed by atoms with Crippen LogP contribution in [0, 0.1) is 0 Å². The van der Waals surface area contributed by atoms with Crippen LogP contribution >= 0.6 is 11.8 Å². The summed E-state index contributed by atoms with van der Waals surface area (Å²) in [5.41, 5.74) is 2.51. The number of H-pyrrole nitrogens is 1. The van der Waals surface area contributed by atoms with Crippen LogP contribution < -0.4 is 5.32 Å². The molecule has 0 bridgehead atoms. The van der Waals surface area contributed by atoms with Crippen molar-refractivity contribution >= 4 is 23.6 Å². The molecular weight excluding hydrogens is 372 g/mol. The monoisotopic (exact) mass is 394 g/mol. The lowest BCUT2D eigenvalue weighted by atomic mass is 9.87. The van der Waals surface area contributed by atoms with E-state index in [1.54, 1.807) is 12.1 Å². The number of nitrogens with one attached hydrogen (secondary N) is 2. The molecule has 3 rings (SSSR count). The number of carbonyl (C=O) groups is 2. The Morgan fingerprint density at radius 3 is 2.36 bits per heavy atom. The van der Waals surface area contributed by atoms with Gasteiger partial charge in [-0.15, -0.1) is 5.10 Å². The van der Waals surface area contributed by atoms with Gasteiger partial charge in [-0.3, -0.25) is 20.0 Å². The van der Waals surface area contributed by atoms with Crippen molar-refractivity contribution in [2.75, 3.05) is 5.75 Å². The molecular formula is C21H22N4O2S. The molecule has 0 spiro atoms. The molecule has 2 amide bonds. The molecule has 0 saturated carbocycles. The summed E-state index contributed by atoms with van der Waals surface area (Å²) in [4.78, 5) is 28.7. The van der Waals surface area contributed by atoms with Crippen LogP contribution in [0.2, 0.25) is 0 Å². The molecule has 0 saturated heterocycles. The smallest absolute Gasteiger partial charge is 0.257 e. The largest absolute Gasteiger partial charge is 0.292 e. The van der Waals surface area contributed by atoms with Crippen LogP contribution in [0.5, 0.6) is 0 Å². The number of thioether (sulfide) groups is 1. The summed E-state index contributed by atoms with van der Waals surface area (Å²) in [5.74, 6) is -0.108. The standard InChI is InChI=1S/C21H22N4O2S/c1-21(2,3)16-11-9-15(10-12-16)19(27)22-17(26)13-28-20-23-18(24-25-20)14-7-5-4-6-8-14/h4-12H,13H2,1-3H3,(H,22,26,27)(H,23,24,25). The summed E-state index contributed by atoms with van der Waals surface area (Å²) in [6.45, 7) is 6.32. The lowest BCUT2D eigenvalue weighted by Gasteiger charge is -2.18. The topological polar surface area (TPSA) is 87.7 Å². The van der Waals surface area contributed by atoms with Gasteiger partial charge in [-0.1, -0.05) is 75.0 Å². The van der Waals surface area contributed by atoms with E-state index in [9.17, 15) is 9.59 Å². The first-order valence-corrected chi connectivity index (χ1v) is 9.87. The number of nitrogens with zero attached hydrogens (tertiary/aromatic N) is 2. The van der Waals surface area contributed by atoms with E-state index >= 15 is 0 Å². The van der Waals surface area contributed by atoms with Gasteiger partial charge in [0, 0.05) is 11.1 Å². The predicted molar refractivity (Wildman–Crippen MR) is 110 cm³/mol. The Bertz CT molecular complexity index is 960. The van der Waals surface area contributed by atoms with Crippen molar-refractivity contribution in [2.24, 2.45) is 0 Å². The molecule has 144 valence electrons. The van der Waals surface area contributed by atoms with E-state index in [0.29, 0.717) is 16.5 Å². The lowest BCUT2D eigenvalue weighted by molar-refractivity contribution is -0.117. The highest BCUT2D eigenvalue weighted by molar-refractivity contribution is 7.99. The molecule has 6 nitrogen and oxygen atoms in total. The van der Waals surface area contributed by atoms with Crippen molar-refractivity contribution in [3.63, 3.8) is 0 Å². The van der Waals surface area contributed by atoms with Crippen molar-refractivity contribution in [1.82, 2.24) is 20.5 Å². The minimum absolute atomic E-state index is 0.0105. The number of amides is 2. The Hall–Kier alpha value is -2.93. The molecule has 1 heterocycles. The molecule has 0 unspecified atom stereocenters. The van der Waals surface area contributed by atoms with E-state index in [0.717, 1.165) is 11.1 Å². The zero-order valence-electron chi connectivity index (χ0n) is 16.0. The summed E-state index contributed by atoms with van der Waals surface area (Å²) in [5, 5.41) is 9.80. The highest BCUT2D eigenvalue weighted by atomic mass is 32.2. The molecule has 0 radical (unpaired) electrons. The summed E-state index contributed by atoms with van der Waals surface area (Å²) < 4.78 is 0. The second-order valence-electron chi connectivity index (χ2n) is 7.33. The molecule has 1 aromatic heterocycles. The van der Waals surface area contributed by atoms with E-state index in [1.807, 2.05) is 42.5 Å². The maximum Gasteiger partial charge on any atom is 0.257 e. The third-order valence-corrected chi connectivity index (χ3v) is 4.96. The molecule has 3 aromatic rings. The van der Waals surface area contributed by atoms with Gasteiger partial charge in [-0.05, 0) is 23.1 Å². The minimum atomic E-state index is -0.411. The first-order chi connectivity index (χ1) is 13.3. The van der Waals surface area contributed by atoms with E-state index in [4.69, 9.17) is 0 Å². The third kappa shape index (κ3) is 5.07. The van der Waals surface area contributed by atoms with E-state index in [1.165, 1.54) is 11.8 Å². The molecule has 0 fully saturated rings. The minimum Gasteiger partial charge on any atom is -0.292 e. The van der Waals surface area contributed by atoms with Crippen LogP contribution in [0.15, 0.2) is 59.8 Å². The second kappa shape index (κ2) is 8.39. The number of aromatic amines is 1. The van der Waals surface area contributed by atoms with Crippen LogP contribution in [0.1, 0.15) is 36.7 Å². The first-order valence-electron chi connectivity index (χ1n) is 8.88. The van der Waals surface area contributed by atoms with Gasteiger partial charge in [0.25, 0.3) is 5.91 Å². The number of aromatic nitrogens is 3. The number of imide groups is 1. The number of benzene rings is 2. The van der Waals surface area contributed by atoms with Crippen molar-refractivity contribution in [2.45, 2.75) is 31.3 Å². The molecule has 2 aromatic carbocycles. The van der Waals surface area contributed by atoms with E-state index < -0.39 is 5.91 Å². The molecule has 28 heavy (non-hydrogen) atoms. The van der Waals surface area contributed by atoms with Crippen LogP contribution in [0.4, 0.5) is 0 Å². The van der Waals surface area contributed by atoms with E-state index in [2.05, 4.69) is 41.3 Å². The Kier molecular flexibility index (Phi) is 5.94. The fourth-order valence-electron chi connectivity index (χ4n) is 2.52. The van der Waals surface area contributed by atoms with E-state index in [-0.39, 0.29) is 17.1 Å². The zero-order valence-corrected chi connectivity index (χ0v) is 16.8. The summed E-state index contributed by atoms with van der Waals surface area (Å²) in [6.07, 6.45) is 0. The Labute approximate surface area is 168 Å². The number of rotatable bonds is 5. The van der Waals surface area contributed by atoms with Crippen molar-refractivity contribution in [3.05, 3.63) is 65.7 Å². The Morgan fingerprint density at radius 1 is 1.04 bits per heavy atom. The van der Waals surface area contributed by atoms with Gasteiger partial charge in [0.05, 0.1) is 5.75 Å². The SMILES string of the molecule is CC(C)(C)c1ccc(C(=O)NC(=O)CSc2n[nH]c(-c3ccccc3)n2)cc1. The van der Waals surface area contributed by atoms with Gasteiger partial charge in [0.1, 0.15) is 0 Å². The number of carbonyl (C=O) groups excluding carboxylic acids is 2. The van der Waals surface area contributed by atoms with Crippen LogP contribution in [-0.4, -0.2) is 32.7 Å². The molecule has 0 aliphatic heterocycles. The summed E-state index contributed by atoms with van der Waals surface area (Å²) in [7, 11) is 0. The number of hydrogen-bond donors (Lipinski definition) is 2. The average molecular weight is 395 g/mol. The summed E-state index contributed by atoms with van der Waals surface area (Å²) in [6, 6.07) is 16.9. The molecule has 7 heteroatoms. The maximum absolute atomic E-state index is 12.2. The van der Waals surface area contributed by atoms with Crippen molar-refractivity contribution in [1.29, 1.82) is 0 Å². The first kappa shape index (κ1) is 19.8. The van der Waals surface area contributed by atoms with Crippen LogP contribution in [0.25, 0.3) is 11.4 Å². The van der Waals surface area contributed by atoms with Gasteiger partial charge in [0.2, 0.25) is 11.1 Å². The fraction of sp³-hybridized carbons (Fsp3) is 0.238. The molecule has 0 aliphatic rings. The predicted octanol–water partition coefficient (Wildman–Crippen LogP) is 3.82. The van der Waals surface area contributed by atoms with Crippen LogP contribution in [-0.2, 0) is 10.2 Å². The highest BCUT2D eigenvalue weighted by Gasteiger charge is 2.16.